The van der Waals surface area contributed by atoms with E-state index in [4.69, 9.17) is 17.3 Å². The summed E-state index contributed by atoms with van der Waals surface area (Å²) in [5, 5.41) is 0. The average molecular weight is 262 g/mol. The van der Waals surface area contributed by atoms with Crippen molar-refractivity contribution in [2.75, 3.05) is 7.11 Å². The lowest BCUT2D eigenvalue weighted by Crippen LogP contribution is -2.08. The lowest BCUT2D eigenvalue weighted by molar-refractivity contribution is -0.140. The van der Waals surface area contributed by atoms with Gasteiger partial charge in [0.25, 0.3) is 0 Å². The van der Waals surface area contributed by atoms with Gasteiger partial charge in [-0.15, -0.1) is 11.3 Å². The second-order valence-corrected chi connectivity index (χ2v) is 5.32. The van der Waals surface area contributed by atoms with E-state index in [0.717, 1.165) is 28.5 Å². The summed E-state index contributed by atoms with van der Waals surface area (Å²) in [7, 11) is 1.40. The first kappa shape index (κ1) is 13.5. The molecule has 90 valence electrons. The number of halogens is 1. The number of carbonyl (C=O) groups excluding carboxylic acids is 1. The monoisotopic (exact) mass is 261 g/mol. The zero-order valence-corrected chi connectivity index (χ0v) is 10.8. The van der Waals surface area contributed by atoms with Gasteiger partial charge in [0.1, 0.15) is 0 Å². The van der Waals surface area contributed by atoms with Crippen molar-refractivity contribution in [1.82, 2.24) is 0 Å². The first-order valence-corrected chi connectivity index (χ1v) is 6.40. The van der Waals surface area contributed by atoms with E-state index in [0.29, 0.717) is 6.42 Å². The van der Waals surface area contributed by atoms with Crippen LogP contribution in [0, 0.1) is 0 Å². The molecule has 0 aliphatic rings. The predicted molar refractivity (Wildman–Crippen MR) is 66.7 cm³/mol. The Bertz CT molecular complexity index is 340. The van der Waals surface area contributed by atoms with Crippen LogP contribution in [0.2, 0.25) is 4.34 Å². The molecule has 2 N–H and O–H groups in total. The van der Waals surface area contributed by atoms with Crippen molar-refractivity contribution in [3.63, 3.8) is 0 Å². The van der Waals surface area contributed by atoms with Crippen LogP contribution in [-0.4, -0.2) is 13.1 Å². The highest BCUT2D eigenvalue weighted by Gasteiger charge is 2.09. The third-order valence-electron chi connectivity index (χ3n) is 2.33. The van der Waals surface area contributed by atoms with Gasteiger partial charge in [0.15, 0.2) is 0 Å². The fourth-order valence-corrected chi connectivity index (χ4v) is 2.50. The Labute approximate surface area is 105 Å². The number of carbonyl (C=O) groups is 1. The van der Waals surface area contributed by atoms with Crippen molar-refractivity contribution in [3.05, 3.63) is 21.3 Å². The van der Waals surface area contributed by atoms with Gasteiger partial charge in [-0.05, 0) is 25.0 Å². The minimum atomic E-state index is -0.160. The molecule has 5 heteroatoms. The second kappa shape index (κ2) is 6.89. The number of rotatable bonds is 6. The van der Waals surface area contributed by atoms with Crippen LogP contribution in [-0.2, 0) is 9.53 Å². The van der Waals surface area contributed by atoms with Crippen LogP contribution in [0.5, 0.6) is 0 Å². The molecular formula is C11H16ClNO2S. The molecule has 0 radical (unpaired) electrons. The second-order valence-electron chi connectivity index (χ2n) is 3.57. The molecule has 0 spiro atoms. The number of ether oxygens (including phenoxy) is 1. The molecule has 1 aromatic heterocycles. The van der Waals surface area contributed by atoms with E-state index >= 15 is 0 Å². The molecular weight excluding hydrogens is 246 g/mol. The van der Waals surface area contributed by atoms with Crippen LogP contribution < -0.4 is 5.73 Å². The molecule has 1 rings (SSSR count). The van der Waals surface area contributed by atoms with Gasteiger partial charge in [-0.25, -0.2) is 0 Å². The first-order valence-electron chi connectivity index (χ1n) is 5.21. The summed E-state index contributed by atoms with van der Waals surface area (Å²) in [6, 6.07) is 3.84. The Morgan fingerprint density at radius 1 is 1.56 bits per heavy atom. The Morgan fingerprint density at radius 2 is 2.31 bits per heavy atom. The number of esters is 1. The summed E-state index contributed by atoms with van der Waals surface area (Å²) in [5.41, 5.74) is 5.99. The van der Waals surface area contributed by atoms with Crippen LogP contribution in [0.4, 0.5) is 0 Å². The van der Waals surface area contributed by atoms with E-state index in [-0.39, 0.29) is 12.0 Å². The summed E-state index contributed by atoms with van der Waals surface area (Å²) >= 11 is 7.34. The van der Waals surface area contributed by atoms with Gasteiger partial charge in [0.05, 0.1) is 11.4 Å². The maximum Gasteiger partial charge on any atom is 0.305 e. The van der Waals surface area contributed by atoms with Crippen LogP contribution in [0.1, 0.15) is 36.6 Å². The van der Waals surface area contributed by atoms with Gasteiger partial charge in [0, 0.05) is 17.3 Å². The van der Waals surface area contributed by atoms with Crippen LogP contribution >= 0.6 is 22.9 Å². The number of thiophene rings is 1. The average Bonchev–Trinajstić information content (AvgIpc) is 2.70. The smallest absolute Gasteiger partial charge is 0.305 e. The van der Waals surface area contributed by atoms with Crippen molar-refractivity contribution in [2.45, 2.75) is 31.7 Å². The minimum absolute atomic E-state index is 0.0233. The van der Waals surface area contributed by atoms with E-state index in [1.54, 1.807) is 0 Å². The standard InChI is InChI=1S/C11H16ClNO2S/c1-15-11(14)5-3-2-4-8(13)9-6-7-10(12)16-9/h6-8H,2-5,13H2,1H3. The van der Waals surface area contributed by atoms with Gasteiger partial charge in [-0.3, -0.25) is 4.79 Å². The topological polar surface area (TPSA) is 52.3 Å². The van der Waals surface area contributed by atoms with Crippen molar-refractivity contribution >= 4 is 28.9 Å². The molecule has 1 atom stereocenters. The summed E-state index contributed by atoms with van der Waals surface area (Å²) in [6.07, 6.45) is 3.08. The minimum Gasteiger partial charge on any atom is -0.469 e. The van der Waals surface area contributed by atoms with Gasteiger partial charge in [-0.1, -0.05) is 18.0 Å². The Balaban J connectivity index is 2.20. The van der Waals surface area contributed by atoms with Gasteiger partial charge in [-0.2, -0.15) is 0 Å². The molecule has 0 saturated carbocycles. The molecule has 0 amide bonds. The van der Waals surface area contributed by atoms with E-state index < -0.39 is 0 Å². The fraction of sp³-hybridized carbons (Fsp3) is 0.545. The quantitative estimate of drug-likeness (QED) is 0.632. The normalized spacial score (nSPS) is 12.4. The van der Waals surface area contributed by atoms with E-state index in [9.17, 15) is 4.79 Å². The summed E-state index contributed by atoms with van der Waals surface area (Å²) in [6.45, 7) is 0. The lowest BCUT2D eigenvalue weighted by Gasteiger charge is -2.08. The summed E-state index contributed by atoms with van der Waals surface area (Å²) in [4.78, 5) is 12.0. The highest BCUT2D eigenvalue weighted by Crippen LogP contribution is 2.28. The molecule has 0 aliphatic heterocycles. The van der Waals surface area contributed by atoms with Crippen molar-refractivity contribution < 1.29 is 9.53 Å². The molecule has 1 aromatic rings. The lowest BCUT2D eigenvalue weighted by atomic mass is 10.1. The number of hydrogen-bond donors (Lipinski definition) is 1. The van der Waals surface area contributed by atoms with Crippen LogP contribution in [0.3, 0.4) is 0 Å². The summed E-state index contributed by atoms with van der Waals surface area (Å²) in [5.74, 6) is -0.160. The Morgan fingerprint density at radius 3 is 2.88 bits per heavy atom. The Hall–Kier alpha value is -0.580. The van der Waals surface area contributed by atoms with Crippen molar-refractivity contribution in [3.8, 4) is 0 Å². The van der Waals surface area contributed by atoms with E-state index in [1.165, 1.54) is 18.4 Å². The summed E-state index contributed by atoms with van der Waals surface area (Å²) < 4.78 is 5.32. The molecule has 1 unspecified atom stereocenters. The molecule has 0 bridgehead atoms. The number of unbranched alkanes of at least 4 members (excludes halogenated alkanes) is 1. The molecule has 1 heterocycles. The third kappa shape index (κ3) is 4.51. The molecule has 0 aromatic carbocycles. The maximum atomic E-state index is 10.9. The van der Waals surface area contributed by atoms with Crippen molar-refractivity contribution in [2.24, 2.45) is 5.73 Å². The zero-order valence-electron chi connectivity index (χ0n) is 9.24. The number of nitrogens with two attached hydrogens (primary N) is 1. The zero-order chi connectivity index (χ0) is 12.0. The van der Waals surface area contributed by atoms with Crippen molar-refractivity contribution in [1.29, 1.82) is 0 Å². The Kier molecular flexibility index (Phi) is 5.80. The molecule has 16 heavy (non-hydrogen) atoms. The predicted octanol–water partition coefficient (Wildman–Crippen LogP) is 3.13. The van der Waals surface area contributed by atoms with E-state index in [1.807, 2.05) is 12.1 Å². The van der Waals surface area contributed by atoms with Gasteiger partial charge >= 0.3 is 5.97 Å². The SMILES string of the molecule is COC(=O)CCCCC(N)c1ccc(Cl)s1. The number of methoxy groups -OCH3 is 1. The van der Waals surface area contributed by atoms with Crippen LogP contribution in [0.15, 0.2) is 12.1 Å². The van der Waals surface area contributed by atoms with Crippen LogP contribution in [0.25, 0.3) is 0 Å². The molecule has 0 fully saturated rings. The number of hydrogen-bond acceptors (Lipinski definition) is 4. The largest absolute Gasteiger partial charge is 0.469 e. The highest BCUT2D eigenvalue weighted by atomic mass is 35.5. The molecule has 0 saturated heterocycles. The fourth-order valence-electron chi connectivity index (χ4n) is 1.41. The molecule has 0 aliphatic carbocycles. The van der Waals surface area contributed by atoms with E-state index in [2.05, 4.69) is 4.74 Å². The van der Waals surface area contributed by atoms with Gasteiger partial charge in [0.2, 0.25) is 0 Å². The highest BCUT2D eigenvalue weighted by molar-refractivity contribution is 7.16. The molecule has 3 nitrogen and oxygen atoms in total. The third-order valence-corrected chi connectivity index (χ3v) is 3.70. The van der Waals surface area contributed by atoms with Gasteiger partial charge < -0.3 is 10.5 Å². The first-order chi connectivity index (χ1) is 7.63. The maximum absolute atomic E-state index is 10.9.